The van der Waals surface area contributed by atoms with Crippen LogP contribution in [0.15, 0.2) is 30.3 Å². The fraction of sp³-hybridized carbons (Fsp3) is 0.263. The van der Waals surface area contributed by atoms with Gasteiger partial charge in [-0.25, -0.2) is 8.78 Å². The third-order valence-electron chi connectivity index (χ3n) is 3.81. The molecule has 0 radical (unpaired) electrons. The number of benzene rings is 2. The Balaban J connectivity index is 2.19. The lowest BCUT2D eigenvalue weighted by molar-refractivity contribution is -0.116. The molecule has 0 aliphatic rings. The predicted octanol–water partition coefficient (Wildman–Crippen LogP) is 3.82. The molecule has 150 valence electrons. The minimum absolute atomic E-state index is 0.0345. The summed E-state index contributed by atoms with van der Waals surface area (Å²) in [5.74, 6) is -3.43. The molecular formula is C19H19ClF2N2O4. The topological polar surface area (TPSA) is 78.9 Å². The van der Waals surface area contributed by atoms with Crippen molar-refractivity contribution < 1.29 is 28.2 Å². The van der Waals surface area contributed by atoms with E-state index in [1.165, 1.54) is 18.2 Å². The Bertz CT molecular complexity index is 872. The zero-order chi connectivity index (χ0) is 20.8. The Morgan fingerprint density at radius 3 is 2.43 bits per heavy atom. The lowest BCUT2D eigenvalue weighted by atomic mass is 10.1. The fourth-order valence-corrected chi connectivity index (χ4v) is 2.65. The summed E-state index contributed by atoms with van der Waals surface area (Å²) in [6.07, 6.45) is 0. The van der Waals surface area contributed by atoms with Crippen molar-refractivity contribution in [2.75, 3.05) is 25.0 Å². The van der Waals surface area contributed by atoms with Crippen LogP contribution in [0.5, 0.6) is 11.5 Å². The molecule has 0 bridgehead atoms. The number of likely N-dealkylation sites (N-methyl/N-ethyl adjacent to an activating group) is 1. The highest BCUT2D eigenvalue weighted by atomic mass is 35.5. The zero-order valence-corrected chi connectivity index (χ0v) is 16.0. The summed E-state index contributed by atoms with van der Waals surface area (Å²) < 4.78 is 32.6. The fourth-order valence-electron chi connectivity index (χ4n) is 2.44. The molecule has 0 spiro atoms. The van der Waals surface area contributed by atoms with Gasteiger partial charge in [0.05, 0.1) is 11.6 Å². The highest BCUT2D eigenvalue weighted by Gasteiger charge is 2.22. The maximum Gasteiger partial charge on any atom is 0.254 e. The molecule has 2 aromatic carbocycles. The summed E-state index contributed by atoms with van der Waals surface area (Å²) in [7, 11) is 0. The lowest BCUT2D eigenvalue weighted by Gasteiger charge is -2.21. The molecule has 0 aliphatic heterocycles. The quantitative estimate of drug-likeness (QED) is 0.724. The number of aromatic hydroxyl groups is 1. The van der Waals surface area contributed by atoms with Gasteiger partial charge in [-0.05, 0) is 38.1 Å². The number of ether oxygens (including phenoxy) is 1. The maximum absolute atomic E-state index is 13.7. The highest BCUT2D eigenvalue weighted by Crippen LogP contribution is 2.35. The van der Waals surface area contributed by atoms with E-state index >= 15 is 0 Å². The molecule has 2 amide bonds. The second kappa shape index (κ2) is 9.36. The summed E-state index contributed by atoms with van der Waals surface area (Å²) >= 11 is 5.93. The second-order valence-corrected chi connectivity index (χ2v) is 6.11. The van der Waals surface area contributed by atoms with E-state index < -0.39 is 35.7 Å². The van der Waals surface area contributed by atoms with E-state index in [2.05, 4.69) is 5.32 Å². The number of nitrogens with zero attached hydrogens (tertiary/aromatic N) is 1. The summed E-state index contributed by atoms with van der Waals surface area (Å²) in [6.45, 7) is 3.29. The lowest BCUT2D eigenvalue weighted by Crippen LogP contribution is -2.38. The molecule has 2 aromatic rings. The van der Waals surface area contributed by atoms with Gasteiger partial charge in [0.15, 0.2) is 11.5 Å². The summed E-state index contributed by atoms with van der Waals surface area (Å²) in [4.78, 5) is 26.1. The van der Waals surface area contributed by atoms with Crippen molar-refractivity contribution in [1.82, 2.24) is 4.90 Å². The van der Waals surface area contributed by atoms with Crippen molar-refractivity contribution in [3.63, 3.8) is 0 Å². The van der Waals surface area contributed by atoms with Crippen LogP contribution in [-0.2, 0) is 4.79 Å². The van der Waals surface area contributed by atoms with Crippen molar-refractivity contribution in [1.29, 1.82) is 0 Å². The number of phenolic OH excluding ortho intramolecular Hbond substituents is 1. The van der Waals surface area contributed by atoms with Gasteiger partial charge in [-0.3, -0.25) is 9.59 Å². The van der Waals surface area contributed by atoms with Crippen LogP contribution in [0.3, 0.4) is 0 Å². The molecule has 0 atom stereocenters. The largest absolute Gasteiger partial charge is 0.503 e. The van der Waals surface area contributed by atoms with Crippen molar-refractivity contribution in [2.24, 2.45) is 0 Å². The van der Waals surface area contributed by atoms with Gasteiger partial charge in [-0.15, -0.1) is 0 Å². The van der Waals surface area contributed by atoms with Crippen LogP contribution in [-0.4, -0.2) is 41.5 Å². The number of rotatable bonds is 7. The molecule has 0 unspecified atom stereocenters. The Labute approximate surface area is 165 Å². The van der Waals surface area contributed by atoms with Gasteiger partial charge in [-0.1, -0.05) is 17.7 Å². The van der Waals surface area contributed by atoms with Crippen LogP contribution in [0.1, 0.15) is 24.2 Å². The number of carbonyl (C=O) groups excluding carboxylic acids is 2. The van der Waals surface area contributed by atoms with Gasteiger partial charge < -0.3 is 20.1 Å². The van der Waals surface area contributed by atoms with Crippen molar-refractivity contribution >= 4 is 29.1 Å². The summed E-state index contributed by atoms with van der Waals surface area (Å²) in [5, 5.41) is 11.9. The molecule has 0 aromatic heterocycles. The Morgan fingerprint density at radius 1 is 1.21 bits per heavy atom. The van der Waals surface area contributed by atoms with Crippen molar-refractivity contribution in [3.8, 4) is 11.5 Å². The molecule has 0 aliphatic carbocycles. The predicted molar refractivity (Wildman–Crippen MR) is 101 cm³/mol. The van der Waals surface area contributed by atoms with E-state index in [-0.39, 0.29) is 35.2 Å². The van der Waals surface area contributed by atoms with Gasteiger partial charge in [0.25, 0.3) is 5.91 Å². The van der Waals surface area contributed by atoms with Crippen LogP contribution >= 0.6 is 11.6 Å². The highest BCUT2D eigenvalue weighted by molar-refractivity contribution is 6.32. The number of carbonyl (C=O) groups is 2. The number of hydrogen-bond donors (Lipinski definition) is 2. The van der Waals surface area contributed by atoms with Crippen LogP contribution in [0, 0.1) is 11.6 Å². The van der Waals surface area contributed by atoms with E-state index in [1.807, 2.05) is 0 Å². The molecule has 0 heterocycles. The van der Waals surface area contributed by atoms with Gasteiger partial charge in [0.1, 0.15) is 23.9 Å². The number of nitrogens with one attached hydrogen (secondary N) is 1. The SMILES string of the molecule is CCOc1cc(C(=O)N(CC)CC(=O)Nc2c(F)cccc2F)cc(Cl)c1O. The molecule has 28 heavy (non-hydrogen) atoms. The zero-order valence-electron chi connectivity index (χ0n) is 15.3. The average molecular weight is 413 g/mol. The number of phenols is 1. The van der Waals surface area contributed by atoms with Gasteiger partial charge in [0, 0.05) is 12.1 Å². The van der Waals surface area contributed by atoms with Gasteiger partial charge in [0.2, 0.25) is 5.91 Å². The van der Waals surface area contributed by atoms with Gasteiger partial charge in [-0.2, -0.15) is 0 Å². The first-order chi connectivity index (χ1) is 13.3. The van der Waals surface area contributed by atoms with Crippen LogP contribution in [0.4, 0.5) is 14.5 Å². The second-order valence-electron chi connectivity index (χ2n) is 5.70. The van der Waals surface area contributed by atoms with Crippen molar-refractivity contribution in [3.05, 3.63) is 52.6 Å². The Hall–Kier alpha value is -2.87. The van der Waals surface area contributed by atoms with Crippen LogP contribution < -0.4 is 10.1 Å². The molecule has 6 nitrogen and oxygen atoms in total. The van der Waals surface area contributed by atoms with Gasteiger partial charge >= 0.3 is 0 Å². The Kier molecular flexibility index (Phi) is 7.17. The van der Waals surface area contributed by atoms with E-state index in [9.17, 15) is 23.5 Å². The third-order valence-corrected chi connectivity index (χ3v) is 4.09. The van der Waals surface area contributed by atoms with E-state index in [0.29, 0.717) is 0 Å². The standard InChI is InChI=1S/C19H19ClF2N2O4/c1-3-24(10-16(25)23-17-13(21)6-5-7-14(17)22)19(27)11-8-12(20)18(26)15(9-11)28-4-2/h5-9,26H,3-4,10H2,1-2H3,(H,23,25). The molecule has 9 heteroatoms. The Morgan fingerprint density at radius 2 is 1.86 bits per heavy atom. The van der Waals surface area contributed by atoms with E-state index in [0.717, 1.165) is 17.0 Å². The number of halogens is 3. The van der Waals surface area contributed by atoms with Crippen LogP contribution in [0.25, 0.3) is 0 Å². The first kappa shape index (κ1) is 21.4. The normalized spacial score (nSPS) is 10.5. The molecule has 0 saturated heterocycles. The molecule has 0 fully saturated rings. The minimum atomic E-state index is -0.922. The number of amides is 2. The van der Waals surface area contributed by atoms with Crippen molar-refractivity contribution in [2.45, 2.75) is 13.8 Å². The minimum Gasteiger partial charge on any atom is -0.503 e. The molecule has 2 N–H and O–H groups in total. The first-order valence-corrected chi connectivity index (χ1v) is 8.84. The van der Waals surface area contributed by atoms with E-state index in [1.54, 1.807) is 13.8 Å². The molecular weight excluding hydrogens is 394 g/mol. The third kappa shape index (κ3) is 4.89. The number of para-hydroxylation sites is 1. The maximum atomic E-state index is 13.7. The summed E-state index contributed by atoms with van der Waals surface area (Å²) in [6, 6.07) is 5.75. The van der Waals surface area contributed by atoms with E-state index in [4.69, 9.17) is 16.3 Å². The van der Waals surface area contributed by atoms with Crippen LogP contribution in [0.2, 0.25) is 5.02 Å². The number of hydrogen-bond acceptors (Lipinski definition) is 4. The first-order valence-electron chi connectivity index (χ1n) is 8.46. The molecule has 0 saturated carbocycles. The average Bonchev–Trinajstić information content (AvgIpc) is 2.66. The monoisotopic (exact) mass is 412 g/mol. The smallest absolute Gasteiger partial charge is 0.254 e. The number of anilines is 1. The summed E-state index contributed by atoms with van der Waals surface area (Å²) in [5.41, 5.74) is -0.486. The molecule has 2 rings (SSSR count).